The number of hydrogen-bond acceptors (Lipinski definition) is 6. The summed E-state index contributed by atoms with van der Waals surface area (Å²) in [6, 6.07) is 30.5. The van der Waals surface area contributed by atoms with Crippen molar-refractivity contribution in [3.8, 4) is 0 Å². The largest absolute Gasteiger partial charge is 0.362 e. The van der Waals surface area contributed by atoms with E-state index in [0.29, 0.717) is 12.1 Å². The quantitative estimate of drug-likeness (QED) is 0.212. The van der Waals surface area contributed by atoms with Crippen molar-refractivity contribution in [2.45, 2.75) is 24.8 Å². The highest BCUT2D eigenvalue weighted by atomic mass is 35.7. The van der Waals surface area contributed by atoms with Crippen LogP contribution in [0.4, 0.5) is 0 Å². The molecule has 3 unspecified atom stereocenters. The van der Waals surface area contributed by atoms with Crippen LogP contribution in [-0.2, 0) is 19.4 Å². The number of aromatic amines is 1. The van der Waals surface area contributed by atoms with E-state index in [1.165, 1.54) is 15.4 Å². The van der Waals surface area contributed by atoms with E-state index in [0.717, 1.165) is 16.7 Å². The van der Waals surface area contributed by atoms with Crippen molar-refractivity contribution in [3.05, 3.63) is 140 Å². The molecule has 4 aromatic rings. The predicted octanol–water partition coefficient (Wildman–Crippen LogP) is 4.96. The summed E-state index contributed by atoms with van der Waals surface area (Å²) in [6.07, 6.45) is 0.0692. The van der Waals surface area contributed by atoms with Gasteiger partial charge in [-0.15, -0.1) is 0 Å². The lowest BCUT2D eigenvalue weighted by Gasteiger charge is -2.50. The topological polar surface area (TPSA) is 96.9 Å². The molecule has 0 radical (unpaired) electrons. The van der Waals surface area contributed by atoms with Crippen LogP contribution in [0.25, 0.3) is 0 Å². The van der Waals surface area contributed by atoms with E-state index in [-0.39, 0.29) is 13.2 Å². The van der Waals surface area contributed by atoms with Crippen LogP contribution in [0, 0.1) is 6.92 Å². The Labute approximate surface area is 249 Å². The lowest BCUT2D eigenvalue weighted by atomic mass is 9.75. The first-order chi connectivity index (χ1) is 20.1. The smallest absolute Gasteiger partial charge is 0.350 e. The Morgan fingerprint density at radius 3 is 1.90 bits per heavy atom. The molecule has 3 atom stereocenters. The van der Waals surface area contributed by atoms with Gasteiger partial charge in [-0.25, -0.2) is 9.46 Å². The molecular formula is C31H34ClN4O5P. The van der Waals surface area contributed by atoms with Gasteiger partial charge >= 0.3 is 12.6 Å². The van der Waals surface area contributed by atoms with Gasteiger partial charge in [-0.05, 0) is 49.0 Å². The van der Waals surface area contributed by atoms with Crippen LogP contribution in [0.2, 0.25) is 0 Å². The second-order valence-electron chi connectivity index (χ2n) is 10.5. The number of aromatic nitrogens is 2. The van der Waals surface area contributed by atoms with Gasteiger partial charge < -0.3 is 9.26 Å². The SMILES string of the molecule is Cc1cn(C2CN(C(c3ccccc3)(c3ccccc3)c3ccccc3)CC(COP(=O)(Cl)N(C)C)O2)c(=O)[nH]c1=O. The Bertz CT molecular complexity index is 1570. The zero-order chi connectivity index (χ0) is 29.9. The average molecular weight is 609 g/mol. The number of hydrogen-bond donors (Lipinski definition) is 1. The molecule has 0 saturated carbocycles. The molecular weight excluding hydrogens is 575 g/mol. The van der Waals surface area contributed by atoms with Crippen molar-refractivity contribution in [1.29, 1.82) is 0 Å². The summed E-state index contributed by atoms with van der Waals surface area (Å²) in [7, 11) is 3.16. The Morgan fingerprint density at radius 1 is 0.929 bits per heavy atom. The van der Waals surface area contributed by atoms with Crippen LogP contribution >= 0.6 is 18.1 Å². The van der Waals surface area contributed by atoms with E-state index in [1.807, 2.05) is 54.6 Å². The minimum Gasteiger partial charge on any atom is -0.350 e. The number of morpholine rings is 1. The maximum Gasteiger partial charge on any atom is 0.362 e. The molecule has 2 heterocycles. The van der Waals surface area contributed by atoms with Gasteiger partial charge in [0.25, 0.3) is 5.56 Å². The first-order valence-electron chi connectivity index (χ1n) is 13.6. The van der Waals surface area contributed by atoms with E-state index in [1.54, 1.807) is 21.0 Å². The van der Waals surface area contributed by atoms with Gasteiger partial charge in [-0.3, -0.25) is 23.8 Å². The van der Waals surface area contributed by atoms with Gasteiger partial charge in [-0.2, -0.15) is 0 Å². The summed E-state index contributed by atoms with van der Waals surface area (Å²) >= 11 is 6.22. The van der Waals surface area contributed by atoms with Gasteiger partial charge in [0.05, 0.1) is 18.2 Å². The highest BCUT2D eigenvalue weighted by Gasteiger charge is 2.46. The molecule has 11 heteroatoms. The molecule has 0 aliphatic carbocycles. The molecule has 5 rings (SSSR count). The number of benzene rings is 3. The van der Waals surface area contributed by atoms with Gasteiger partial charge in [0.1, 0.15) is 0 Å². The van der Waals surface area contributed by atoms with Gasteiger partial charge in [0.2, 0.25) is 0 Å². The summed E-state index contributed by atoms with van der Waals surface area (Å²) in [5.41, 5.74) is 1.58. The predicted molar refractivity (Wildman–Crippen MR) is 164 cm³/mol. The zero-order valence-electron chi connectivity index (χ0n) is 23.7. The van der Waals surface area contributed by atoms with E-state index >= 15 is 0 Å². The van der Waals surface area contributed by atoms with Crippen LogP contribution in [0.1, 0.15) is 28.5 Å². The number of ether oxygens (including phenoxy) is 1. The number of rotatable bonds is 9. The van der Waals surface area contributed by atoms with E-state index in [4.69, 9.17) is 20.5 Å². The van der Waals surface area contributed by atoms with Crippen molar-refractivity contribution in [2.75, 3.05) is 33.8 Å². The summed E-state index contributed by atoms with van der Waals surface area (Å²) in [6.45, 7) is -1.40. The van der Waals surface area contributed by atoms with Crippen molar-refractivity contribution < 1.29 is 13.8 Å². The normalized spacial score (nSPS) is 19.5. The van der Waals surface area contributed by atoms with Crippen molar-refractivity contribution in [3.63, 3.8) is 0 Å². The average Bonchev–Trinajstić information content (AvgIpc) is 3.00. The Balaban J connectivity index is 1.70. The molecule has 0 amide bonds. The number of nitrogens with one attached hydrogen (secondary N) is 1. The van der Waals surface area contributed by atoms with E-state index in [2.05, 4.69) is 46.3 Å². The van der Waals surface area contributed by atoms with Crippen LogP contribution in [-0.4, -0.2) is 59.0 Å². The Morgan fingerprint density at radius 2 is 1.43 bits per heavy atom. The molecule has 0 bridgehead atoms. The molecule has 42 heavy (non-hydrogen) atoms. The summed E-state index contributed by atoms with van der Waals surface area (Å²) in [5.74, 6) is 0. The third kappa shape index (κ3) is 5.95. The second-order valence-corrected chi connectivity index (χ2v) is 13.7. The zero-order valence-corrected chi connectivity index (χ0v) is 25.4. The summed E-state index contributed by atoms with van der Waals surface area (Å²) in [4.78, 5) is 29.9. The first-order valence-corrected chi connectivity index (χ1v) is 16.1. The third-order valence-electron chi connectivity index (χ3n) is 7.55. The van der Waals surface area contributed by atoms with Crippen molar-refractivity contribution >= 4 is 18.1 Å². The molecule has 9 nitrogen and oxygen atoms in total. The fraction of sp³-hybridized carbons (Fsp3) is 0.290. The van der Waals surface area contributed by atoms with Gasteiger partial charge in [-0.1, -0.05) is 91.0 Å². The molecule has 220 valence electrons. The number of nitrogens with zero attached hydrogens (tertiary/aromatic N) is 3. The van der Waals surface area contributed by atoms with E-state index in [9.17, 15) is 14.2 Å². The summed E-state index contributed by atoms with van der Waals surface area (Å²) < 4.78 is 27.8. The van der Waals surface area contributed by atoms with Gasteiger partial charge in [0.15, 0.2) is 6.23 Å². The molecule has 1 aliphatic rings. The first kappa shape index (κ1) is 30.2. The molecule has 1 fully saturated rings. The second kappa shape index (κ2) is 12.5. The lowest BCUT2D eigenvalue weighted by Crippen LogP contribution is -2.58. The van der Waals surface area contributed by atoms with Crippen molar-refractivity contribution in [2.24, 2.45) is 0 Å². The fourth-order valence-electron chi connectivity index (χ4n) is 5.51. The molecule has 0 spiro atoms. The Kier molecular flexibility index (Phi) is 8.99. The Hall–Kier alpha value is -3.30. The highest BCUT2D eigenvalue weighted by molar-refractivity contribution is 7.83. The minimum atomic E-state index is -3.59. The van der Waals surface area contributed by atoms with Crippen LogP contribution in [0.15, 0.2) is 107 Å². The summed E-state index contributed by atoms with van der Waals surface area (Å²) in [5, 5.41) is 0. The van der Waals surface area contributed by atoms with Crippen LogP contribution in [0.5, 0.6) is 0 Å². The van der Waals surface area contributed by atoms with Crippen LogP contribution < -0.4 is 11.2 Å². The lowest BCUT2D eigenvalue weighted by molar-refractivity contribution is -0.148. The monoisotopic (exact) mass is 608 g/mol. The van der Waals surface area contributed by atoms with Crippen molar-refractivity contribution in [1.82, 2.24) is 19.1 Å². The number of aryl methyl sites for hydroxylation is 1. The molecule has 1 aliphatic heterocycles. The maximum absolute atomic E-state index is 13.1. The molecule has 1 saturated heterocycles. The fourth-order valence-corrected chi connectivity index (χ4v) is 6.26. The number of halogens is 1. The van der Waals surface area contributed by atoms with Gasteiger partial charge in [0, 0.05) is 24.8 Å². The highest BCUT2D eigenvalue weighted by Crippen LogP contribution is 2.54. The van der Waals surface area contributed by atoms with E-state index < -0.39 is 36.0 Å². The molecule has 1 aromatic heterocycles. The molecule has 3 aromatic carbocycles. The standard InChI is InChI=1S/C31H34ClN4O5P/c1-23-19-36(30(38)33-29(23)37)28-21-35(20-27(41-28)22-40-42(32,39)34(2)3)31(24-13-7-4-8-14-24,25-15-9-5-10-16-25)26-17-11-6-12-18-26/h4-19,27-28H,20-22H2,1-3H3,(H,33,37,38). The minimum absolute atomic E-state index is 0.0858. The van der Waals surface area contributed by atoms with Crippen LogP contribution in [0.3, 0.4) is 0 Å². The number of H-pyrrole nitrogens is 1. The maximum atomic E-state index is 13.1. The molecule has 1 N–H and O–H groups in total. The third-order valence-corrected chi connectivity index (χ3v) is 10.2.